The first-order chi connectivity index (χ1) is 8.59. The lowest BCUT2D eigenvalue weighted by atomic mass is 10.2. The molecule has 2 rings (SSSR count). The van der Waals surface area contributed by atoms with Crippen LogP contribution in [0.5, 0.6) is 5.75 Å². The van der Waals surface area contributed by atoms with Gasteiger partial charge in [0.1, 0.15) is 12.9 Å². The number of rotatable bonds is 4. The zero-order valence-corrected chi connectivity index (χ0v) is 10.7. The monoisotopic (exact) mass is 249 g/mol. The first-order valence-electron chi connectivity index (χ1n) is 5.86. The first kappa shape index (κ1) is 12.5. The van der Waals surface area contributed by atoms with E-state index < -0.39 is 0 Å². The second kappa shape index (κ2) is 5.16. The summed E-state index contributed by atoms with van der Waals surface area (Å²) in [6.07, 6.45) is 1.48. The van der Waals surface area contributed by atoms with Gasteiger partial charge in [-0.25, -0.2) is 14.1 Å². The lowest BCUT2D eigenvalue weighted by molar-refractivity contribution is 0.269. The minimum atomic E-state index is -0.326. The maximum atomic E-state index is 13.7. The molecule has 0 aliphatic rings. The van der Waals surface area contributed by atoms with Crippen LogP contribution in [0.4, 0.5) is 4.39 Å². The van der Waals surface area contributed by atoms with Gasteiger partial charge in [-0.3, -0.25) is 0 Å². The number of ether oxygens (including phenoxy) is 1. The number of aromatic nitrogens is 3. The highest BCUT2D eigenvalue weighted by atomic mass is 19.1. The molecule has 0 atom stereocenters. The third kappa shape index (κ3) is 2.50. The average Bonchev–Trinajstić information content (AvgIpc) is 2.79. The summed E-state index contributed by atoms with van der Waals surface area (Å²) in [4.78, 5) is 4.11. The number of nitrogens with zero attached hydrogens (tertiary/aromatic N) is 3. The first-order valence-corrected chi connectivity index (χ1v) is 5.86. The predicted octanol–water partition coefficient (Wildman–Crippen LogP) is 2.89. The molecule has 18 heavy (non-hydrogen) atoms. The zero-order valence-electron chi connectivity index (χ0n) is 10.7. The van der Waals surface area contributed by atoms with Crippen molar-refractivity contribution in [1.29, 1.82) is 0 Å². The summed E-state index contributed by atoms with van der Waals surface area (Å²) in [7, 11) is 0. The minimum Gasteiger partial charge on any atom is -0.483 e. The Morgan fingerprint density at radius 3 is 2.89 bits per heavy atom. The normalized spacial score (nSPS) is 10.9. The Morgan fingerprint density at radius 2 is 2.17 bits per heavy atom. The second-order valence-electron chi connectivity index (χ2n) is 4.39. The molecule has 0 aliphatic heterocycles. The molecule has 1 aromatic carbocycles. The van der Waals surface area contributed by atoms with Crippen molar-refractivity contribution < 1.29 is 9.13 Å². The van der Waals surface area contributed by atoms with Gasteiger partial charge >= 0.3 is 0 Å². The molecule has 96 valence electrons. The highest BCUT2D eigenvalue weighted by Gasteiger charge is 2.10. The van der Waals surface area contributed by atoms with Crippen molar-refractivity contribution in [2.24, 2.45) is 0 Å². The summed E-state index contributed by atoms with van der Waals surface area (Å²) in [5.74, 6) is 0.604. The summed E-state index contributed by atoms with van der Waals surface area (Å²) >= 11 is 0. The summed E-state index contributed by atoms with van der Waals surface area (Å²) in [6, 6.07) is 5.28. The molecule has 0 amide bonds. The molecule has 1 aromatic heterocycles. The molecule has 4 nitrogen and oxygen atoms in total. The average molecular weight is 249 g/mol. The molecule has 0 aliphatic carbocycles. The summed E-state index contributed by atoms with van der Waals surface area (Å²) in [5, 5.41) is 4.10. The van der Waals surface area contributed by atoms with Crippen LogP contribution < -0.4 is 4.74 Å². The van der Waals surface area contributed by atoms with E-state index in [1.165, 1.54) is 6.33 Å². The minimum absolute atomic E-state index is 0.202. The van der Waals surface area contributed by atoms with Gasteiger partial charge in [0, 0.05) is 6.04 Å². The Kier molecular flexibility index (Phi) is 3.60. The SMILES string of the molecule is Cc1cccc(OCc2ncnn2C(C)C)c1F. The van der Waals surface area contributed by atoms with Gasteiger partial charge in [-0.1, -0.05) is 12.1 Å². The van der Waals surface area contributed by atoms with Gasteiger partial charge in [-0.05, 0) is 32.4 Å². The van der Waals surface area contributed by atoms with Gasteiger partial charge in [0.05, 0.1) is 0 Å². The second-order valence-corrected chi connectivity index (χ2v) is 4.39. The fraction of sp³-hybridized carbons (Fsp3) is 0.385. The lowest BCUT2D eigenvalue weighted by Crippen LogP contribution is -2.11. The third-order valence-electron chi connectivity index (χ3n) is 2.65. The van der Waals surface area contributed by atoms with Gasteiger partial charge in [0.15, 0.2) is 17.4 Å². The predicted molar refractivity (Wildman–Crippen MR) is 65.9 cm³/mol. The quantitative estimate of drug-likeness (QED) is 0.836. The van der Waals surface area contributed by atoms with E-state index in [2.05, 4.69) is 10.1 Å². The molecule has 0 fully saturated rings. The van der Waals surface area contributed by atoms with Crippen molar-refractivity contribution >= 4 is 0 Å². The third-order valence-corrected chi connectivity index (χ3v) is 2.65. The van der Waals surface area contributed by atoms with Crippen molar-refractivity contribution in [3.63, 3.8) is 0 Å². The van der Waals surface area contributed by atoms with Crippen LogP contribution in [0.2, 0.25) is 0 Å². The highest BCUT2D eigenvalue weighted by molar-refractivity contribution is 5.30. The Morgan fingerprint density at radius 1 is 1.39 bits per heavy atom. The standard InChI is InChI=1S/C13H16FN3O/c1-9(2)17-12(15-8-16-17)7-18-11-6-4-5-10(3)13(11)14/h4-6,8-9H,7H2,1-3H3. The van der Waals surface area contributed by atoms with Crippen molar-refractivity contribution in [2.75, 3.05) is 0 Å². The molecule has 0 bridgehead atoms. The number of benzene rings is 1. The number of hydrogen-bond acceptors (Lipinski definition) is 3. The van der Waals surface area contributed by atoms with Gasteiger partial charge in [0.25, 0.3) is 0 Å². The molecule has 0 saturated heterocycles. The van der Waals surface area contributed by atoms with E-state index in [9.17, 15) is 4.39 Å². The summed E-state index contributed by atoms with van der Waals surface area (Å²) in [6.45, 7) is 5.92. The fourth-order valence-electron chi connectivity index (χ4n) is 1.68. The van der Waals surface area contributed by atoms with Crippen molar-refractivity contribution in [3.05, 3.63) is 41.7 Å². The van der Waals surface area contributed by atoms with Crippen LogP contribution in [0, 0.1) is 12.7 Å². The van der Waals surface area contributed by atoms with Gasteiger partial charge < -0.3 is 4.74 Å². The van der Waals surface area contributed by atoms with Crippen molar-refractivity contribution in [3.8, 4) is 5.75 Å². The molecular weight excluding hydrogens is 233 g/mol. The van der Waals surface area contributed by atoms with Gasteiger partial charge in [-0.15, -0.1) is 0 Å². The van der Waals surface area contributed by atoms with Gasteiger partial charge in [-0.2, -0.15) is 5.10 Å². The fourth-order valence-corrected chi connectivity index (χ4v) is 1.68. The van der Waals surface area contributed by atoms with Crippen LogP contribution in [0.3, 0.4) is 0 Å². The summed E-state index contributed by atoms with van der Waals surface area (Å²) in [5.41, 5.74) is 0.567. The molecule has 0 unspecified atom stereocenters. The van der Waals surface area contributed by atoms with E-state index in [0.29, 0.717) is 11.4 Å². The molecule has 5 heteroatoms. The Hall–Kier alpha value is -1.91. The lowest BCUT2D eigenvalue weighted by Gasteiger charge is -2.11. The molecule has 0 N–H and O–H groups in total. The van der Waals surface area contributed by atoms with E-state index in [1.54, 1.807) is 29.8 Å². The smallest absolute Gasteiger partial charge is 0.167 e. The molecule has 0 radical (unpaired) electrons. The van der Waals surface area contributed by atoms with Crippen LogP contribution in [0.25, 0.3) is 0 Å². The Balaban J connectivity index is 2.12. The van der Waals surface area contributed by atoms with Crippen LogP contribution >= 0.6 is 0 Å². The summed E-state index contributed by atoms with van der Waals surface area (Å²) < 4.78 is 20.9. The Labute approximate surface area is 105 Å². The van der Waals surface area contributed by atoms with E-state index in [1.807, 2.05) is 13.8 Å². The van der Waals surface area contributed by atoms with E-state index in [4.69, 9.17) is 4.74 Å². The largest absolute Gasteiger partial charge is 0.483 e. The number of halogens is 1. The van der Waals surface area contributed by atoms with Gasteiger partial charge in [0.2, 0.25) is 0 Å². The molecule has 2 aromatic rings. The maximum absolute atomic E-state index is 13.7. The molecular formula is C13H16FN3O. The highest BCUT2D eigenvalue weighted by Crippen LogP contribution is 2.20. The molecule has 0 saturated carbocycles. The maximum Gasteiger partial charge on any atom is 0.167 e. The van der Waals surface area contributed by atoms with Crippen LogP contribution in [-0.2, 0) is 6.61 Å². The van der Waals surface area contributed by atoms with Crippen molar-refractivity contribution in [2.45, 2.75) is 33.4 Å². The number of aryl methyl sites for hydroxylation is 1. The topological polar surface area (TPSA) is 39.9 Å². The number of hydrogen-bond donors (Lipinski definition) is 0. The van der Waals surface area contributed by atoms with Crippen LogP contribution in [0.1, 0.15) is 31.3 Å². The zero-order chi connectivity index (χ0) is 13.1. The van der Waals surface area contributed by atoms with Crippen LogP contribution in [-0.4, -0.2) is 14.8 Å². The van der Waals surface area contributed by atoms with E-state index in [-0.39, 0.29) is 24.2 Å². The molecule has 0 spiro atoms. The molecule has 1 heterocycles. The van der Waals surface area contributed by atoms with E-state index >= 15 is 0 Å². The van der Waals surface area contributed by atoms with Crippen LogP contribution in [0.15, 0.2) is 24.5 Å². The van der Waals surface area contributed by atoms with E-state index in [0.717, 1.165) is 0 Å². The van der Waals surface area contributed by atoms with Crippen molar-refractivity contribution in [1.82, 2.24) is 14.8 Å². The Bertz CT molecular complexity index is 537.